The van der Waals surface area contributed by atoms with E-state index in [1.165, 1.54) is 15.3 Å². The van der Waals surface area contributed by atoms with E-state index in [4.69, 9.17) is 11.6 Å². The number of thiophene rings is 1. The van der Waals surface area contributed by atoms with Crippen LogP contribution in [0.2, 0.25) is 5.02 Å². The summed E-state index contributed by atoms with van der Waals surface area (Å²) in [6.07, 6.45) is 0. The monoisotopic (exact) mass is 307 g/mol. The van der Waals surface area contributed by atoms with E-state index >= 15 is 0 Å². The molecule has 1 unspecified atom stereocenters. The van der Waals surface area contributed by atoms with E-state index in [1.54, 1.807) is 0 Å². The summed E-state index contributed by atoms with van der Waals surface area (Å²) in [6.45, 7) is 9.72. The highest BCUT2D eigenvalue weighted by Gasteiger charge is 2.17. The second kappa shape index (κ2) is 6.75. The van der Waals surface area contributed by atoms with E-state index in [2.05, 4.69) is 57.3 Å². The fourth-order valence-corrected chi connectivity index (χ4v) is 4.06. The lowest BCUT2D eigenvalue weighted by atomic mass is 10.0. The van der Waals surface area contributed by atoms with Crippen LogP contribution in [0.5, 0.6) is 0 Å². The van der Waals surface area contributed by atoms with Crippen LogP contribution in [0.3, 0.4) is 0 Å². The van der Waals surface area contributed by atoms with Gasteiger partial charge in [0, 0.05) is 26.4 Å². The van der Waals surface area contributed by atoms with Crippen molar-refractivity contribution in [3.05, 3.63) is 45.8 Å². The van der Waals surface area contributed by atoms with Crippen LogP contribution in [0.1, 0.15) is 37.3 Å². The van der Waals surface area contributed by atoms with E-state index in [0.717, 1.165) is 17.1 Å². The normalized spacial score (nSPS) is 12.9. The summed E-state index contributed by atoms with van der Waals surface area (Å²) in [4.78, 5) is 2.63. The van der Waals surface area contributed by atoms with Gasteiger partial charge in [-0.2, -0.15) is 0 Å². The molecule has 1 nitrogen and oxygen atoms in total. The van der Waals surface area contributed by atoms with E-state index in [1.807, 2.05) is 17.4 Å². The molecule has 3 heteroatoms. The molecule has 0 radical (unpaired) electrons. The summed E-state index contributed by atoms with van der Waals surface area (Å²) in [7, 11) is 0. The third kappa shape index (κ3) is 3.43. The first kappa shape index (κ1) is 15.6. The summed E-state index contributed by atoms with van der Waals surface area (Å²) in [5.41, 5.74) is 2.33. The van der Waals surface area contributed by atoms with Crippen molar-refractivity contribution < 1.29 is 0 Å². The molecule has 0 bridgehead atoms. The van der Waals surface area contributed by atoms with Gasteiger partial charge in [0.15, 0.2) is 0 Å². The molecule has 1 atom stereocenters. The first-order valence-corrected chi connectivity index (χ1v) is 8.32. The number of hydrogen-bond acceptors (Lipinski definition) is 2. The Labute approximate surface area is 131 Å². The van der Waals surface area contributed by atoms with Gasteiger partial charge < -0.3 is 5.32 Å². The molecule has 1 N–H and O–H groups in total. The highest BCUT2D eigenvalue weighted by Crippen LogP contribution is 2.37. The molecular formula is C17H22ClNS. The van der Waals surface area contributed by atoms with Crippen LogP contribution in [-0.4, -0.2) is 6.54 Å². The van der Waals surface area contributed by atoms with Crippen LogP contribution >= 0.6 is 22.9 Å². The molecule has 0 aliphatic heterocycles. The van der Waals surface area contributed by atoms with Gasteiger partial charge in [-0.3, -0.25) is 0 Å². The molecule has 108 valence electrons. The first-order valence-electron chi connectivity index (χ1n) is 7.12. The summed E-state index contributed by atoms with van der Waals surface area (Å²) in [5.74, 6) is 0.579. The summed E-state index contributed by atoms with van der Waals surface area (Å²) < 4.78 is 0. The molecule has 0 spiro atoms. The maximum atomic E-state index is 6.37. The number of nitrogens with one attached hydrogen (secondary N) is 1. The van der Waals surface area contributed by atoms with E-state index in [-0.39, 0.29) is 0 Å². The zero-order valence-electron chi connectivity index (χ0n) is 12.5. The first-order chi connectivity index (χ1) is 9.52. The largest absolute Gasteiger partial charge is 0.309 e. The molecule has 0 aliphatic rings. The molecule has 2 aromatic rings. The highest BCUT2D eigenvalue weighted by molar-refractivity contribution is 7.15. The molecule has 0 fully saturated rings. The quantitative estimate of drug-likeness (QED) is 0.749. The summed E-state index contributed by atoms with van der Waals surface area (Å²) >= 11 is 8.20. The molecule has 1 aromatic heterocycles. The zero-order valence-corrected chi connectivity index (χ0v) is 14.1. The Kier molecular flexibility index (Phi) is 5.25. The molecule has 0 saturated carbocycles. The molecule has 20 heavy (non-hydrogen) atoms. The van der Waals surface area contributed by atoms with Crippen molar-refractivity contribution in [1.29, 1.82) is 0 Å². The van der Waals surface area contributed by atoms with Crippen molar-refractivity contribution in [2.45, 2.75) is 33.7 Å². The van der Waals surface area contributed by atoms with E-state index in [9.17, 15) is 0 Å². The predicted molar refractivity (Wildman–Crippen MR) is 90.8 cm³/mol. The van der Waals surface area contributed by atoms with Crippen LogP contribution < -0.4 is 5.32 Å². The average Bonchev–Trinajstić information content (AvgIpc) is 2.84. The fourth-order valence-electron chi connectivity index (χ4n) is 2.37. The Balaban J connectivity index is 2.32. The Bertz CT molecular complexity index is 574. The summed E-state index contributed by atoms with van der Waals surface area (Å²) in [6, 6.07) is 11.1. The van der Waals surface area contributed by atoms with Crippen molar-refractivity contribution in [1.82, 2.24) is 5.32 Å². The Morgan fingerprint density at radius 1 is 1.20 bits per heavy atom. The molecular weight excluding hydrogens is 286 g/mol. The fraction of sp³-hybridized carbons (Fsp3) is 0.412. The smallest absolute Gasteiger partial charge is 0.0495 e. The van der Waals surface area contributed by atoms with Gasteiger partial charge in [-0.25, -0.2) is 0 Å². The third-order valence-electron chi connectivity index (χ3n) is 3.41. The molecule has 1 aromatic carbocycles. The zero-order chi connectivity index (χ0) is 14.7. The topological polar surface area (TPSA) is 12.0 Å². The SMILES string of the molecule is CCNC(c1ccc(-c2ccc(C)cc2Cl)s1)C(C)C. The van der Waals surface area contributed by atoms with Gasteiger partial charge in [0.2, 0.25) is 0 Å². The lowest BCUT2D eigenvalue weighted by molar-refractivity contribution is 0.428. The van der Waals surface area contributed by atoms with Crippen LogP contribution in [0.15, 0.2) is 30.3 Å². The van der Waals surface area contributed by atoms with Gasteiger partial charge in [-0.1, -0.05) is 44.5 Å². The molecule has 0 saturated heterocycles. The number of aryl methyl sites for hydroxylation is 1. The van der Waals surface area contributed by atoms with Gasteiger partial charge in [-0.05, 0) is 43.1 Å². The van der Waals surface area contributed by atoms with E-state index < -0.39 is 0 Å². The van der Waals surface area contributed by atoms with Crippen molar-refractivity contribution in [3.63, 3.8) is 0 Å². The van der Waals surface area contributed by atoms with Gasteiger partial charge in [0.05, 0.1) is 0 Å². The van der Waals surface area contributed by atoms with Gasteiger partial charge in [-0.15, -0.1) is 11.3 Å². The Morgan fingerprint density at radius 3 is 2.55 bits per heavy atom. The van der Waals surface area contributed by atoms with Gasteiger partial charge >= 0.3 is 0 Å². The van der Waals surface area contributed by atoms with Crippen LogP contribution in [-0.2, 0) is 0 Å². The lowest BCUT2D eigenvalue weighted by Crippen LogP contribution is -2.24. The minimum absolute atomic E-state index is 0.419. The van der Waals surface area contributed by atoms with E-state index in [0.29, 0.717) is 12.0 Å². The molecule has 2 rings (SSSR count). The van der Waals surface area contributed by atoms with Crippen molar-refractivity contribution in [2.24, 2.45) is 5.92 Å². The van der Waals surface area contributed by atoms with Gasteiger partial charge in [0.1, 0.15) is 0 Å². The lowest BCUT2D eigenvalue weighted by Gasteiger charge is -2.20. The number of hydrogen-bond donors (Lipinski definition) is 1. The van der Waals surface area contributed by atoms with Crippen molar-refractivity contribution >= 4 is 22.9 Å². The third-order valence-corrected chi connectivity index (χ3v) is 4.93. The molecule has 1 heterocycles. The van der Waals surface area contributed by atoms with Gasteiger partial charge in [0.25, 0.3) is 0 Å². The van der Waals surface area contributed by atoms with Crippen LogP contribution in [0, 0.1) is 12.8 Å². The second-order valence-corrected chi connectivity index (χ2v) is 6.99. The molecule has 0 aliphatic carbocycles. The standard InChI is InChI=1S/C17H22ClNS/c1-5-19-17(11(2)3)16-9-8-15(20-16)13-7-6-12(4)10-14(13)18/h6-11,17,19H,5H2,1-4H3. The molecule has 0 amide bonds. The number of benzene rings is 1. The number of rotatable bonds is 5. The predicted octanol–water partition coefficient (Wildman–Crippen LogP) is 5.68. The van der Waals surface area contributed by atoms with Crippen molar-refractivity contribution in [2.75, 3.05) is 6.54 Å². The van der Waals surface area contributed by atoms with Crippen LogP contribution in [0.25, 0.3) is 10.4 Å². The maximum absolute atomic E-state index is 6.37. The Hall–Kier alpha value is -0.830. The van der Waals surface area contributed by atoms with Crippen molar-refractivity contribution in [3.8, 4) is 10.4 Å². The second-order valence-electron chi connectivity index (χ2n) is 5.46. The summed E-state index contributed by atoms with van der Waals surface area (Å²) in [5, 5.41) is 4.40. The Morgan fingerprint density at radius 2 is 1.95 bits per heavy atom. The number of halogens is 1. The highest BCUT2D eigenvalue weighted by atomic mass is 35.5. The average molecular weight is 308 g/mol. The maximum Gasteiger partial charge on any atom is 0.0495 e. The van der Waals surface area contributed by atoms with Crippen LogP contribution in [0.4, 0.5) is 0 Å². The minimum atomic E-state index is 0.419. The minimum Gasteiger partial charge on any atom is -0.309 e.